The van der Waals surface area contributed by atoms with Crippen LogP contribution in [-0.4, -0.2) is 0 Å². The molecule has 0 aliphatic rings. The zero-order valence-electron chi connectivity index (χ0n) is 22.9. The highest BCUT2D eigenvalue weighted by atomic mass is 32.1. The van der Waals surface area contributed by atoms with E-state index in [0.717, 1.165) is 5.92 Å². The summed E-state index contributed by atoms with van der Waals surface area (Å²) in [5.74, 6) is 0.928. The van der Waals surface area contributed by atoms with E-state index in [-0.39, 0.29) is 0 Å². The predicted octanol–water partition coefficient (Wildman–Crippen LogP) is 12.3. The van der Waals surface area contributed by atoms with Gasteiger partial charge in [-0.2, -0.15) is 11.3 Å². The Kier molecular flexibility index (Phi) is 23.1. The highest BCUT2D eigenvalue weighted by Crippen LogP contribution is 2.24. The van der Waals surface area contributed by atoms with Crippen molar-refractivity contribution in [3.63, 3.8) is 0 Å². The minimum absolute atomic E-state index is 0.928. The molecule has 1 heteroatoms. The molecule has 1 aromatic rings. The standard InChI is InChI=1S/C32H60S/c1-3-5-7-9-11-13-15-16-18-20-22-24-26-31(29-32-27-28-33-30-32)25-23-21-19-17-14-12-10-8-6-4-2/h27-28,30-31H,3-26,29H2,1-2H3. The van der Waals surface area contributed by atoms with Gasteiger partial charge in [0.05, 0.1) is 0 Å². The normalized spacial score (nSPS) is 12.4. The fraction of sp³-hybridized carbons (Fsp3) is 0.875. The van der Waals surface area contributed by atoms with E-state index < -0.39 is 0 Å². The van der Waals surface area contributed by atoms with Gasteiger partial charge < -0.3 is 0 Å². The molecule has 1 unspecified atom stereocenters. The molecule has 1 heterocycles. The lowest BCUT2D eigenvalue weighted by Gasteiger charge is -2.16. The van der Waals surface area contributed by atoms with E-state index >= 15 is 0 Å². The van der Waals surface area contributed by atoms with Crippen LogP contribution in [0.15, 0.2) is 16.8 Å². The summed E-state index contributed by atoms with van der Waals surface area (Å²) in [6.07, 6.45) is 36.3. The summed E-state index contributed by atoms with van der Waals surface area (Å²) in [4.78, 5) is 0. The molecule has 194 valence electrons. The smallest absolute Gasteiger partial charge is 0.00612 e. The van der Waals surface area contributed by atoms with Gasteiger partial charge in [-0.15, -0.1) is 0 Å². The van der Waals surface area contributed by atoms with Gasteiger partial charge in [0.25, 0.3) is 0 Å². The average Bonchev–Trinajstić information content (AvgIpc) is 3.34. The molecule has 1 aromatic heterocycles. The maximum absolute atomic E-state index is 2.38. The van der Waals surface area contributed by atoms with E-state index in [4.69, 9.17) is 0 Å². The molecule has 0 nitrogen and oxygen atoms in total. The maximum Gasteiger partial charge on any atom is -0.00612 e. The third kappa shape index (κ3) is 20.8. The van der Waals surface area contributed by atoms with Crippen LogP contribution in [0, 0.1) is 5.92 Å². The predicted molar refractivity (Wildman–Crippen MR) is 154 cm³/mol. The lowest BCUT2D eigenvalue weighted by Crippen LogP contribution is -2.05. The van der Waals surface area contributed by atoms with Crippen LogP contribution < -0.4 is 0 Å². The van der Waals surface area contributed by atoms with Crippen LogP contribution in [0.4, 0.5) is 0 Å². The summed E-state index contributed by atoms with van der Waals surface area (Å²) in [6.45, 7) is 4.62. The maximum atomic E-state index is 2.38. The molecule has 0 aliphatic heterocycles. The van der Waals surface area contributed by atoms with Crippen molar-refractivity contribution in [1.82, 2.24) is 0 Å². The first-order valence-corrected chi connectivity index (χ1v) is 16.3. The highest BCUT2D eigenvalue weighted by molar-refractivity contribution is 7.07. The van der Waals surface area contributed by atoms with Crippen LogP contribution in [0.3, 0.4) is 0 Å². The summed E-state index contributed by atoms with van der Waals surface area (Å²) >= 11 is 1.87. The molecule has 33 heavy (non-hydrogen) atoms. The van der Waals surface area contributed by atoms with E-state index in [2.05, 4.69) is 30.7 Å². The van der Waals surface area contributed by atoms with Crippen LogP contribution in [0.5, 0.6) is 0 Å². The molecule has 0 aromatic carbocycles. The molecule has 0 spiro atoms. The fourth-order valence-corrected chi connectivity index (χ4v) is 5.97. The molecule has 0 N–H and O–H groups in total. The Bertz CT molecular complexity index is 463. The van der Waals surface area contributed by atoms with Crippen LogP contribution >= 0.6 is 11.3 Å². The number of thiophene rings is 1. The van der Waals surface area contributed by atoms with E-state index in [1.54, 1.807) is 5.56 Å². The Morgan fingerprint density at radius 1 is 0.515 bits per heavy atom. The van der Waals surface area contributed by atoms with Gasteiger partial charge in [0.1, 0.15) is 0 Å². The zero-order valence-corrected chi connectivity index (χ0v) is 23.7. The van der Waals surface area contributed by atoms with E-state index in [0.29, 0.717) is 0 Å². The Hall–Kier alpha value is -0.300. The highest BCUT2D eigenvalue weighted by Gasteiger charge is 2.10. The lowest BCUT2D eigenvalue weighted by atomic mass is 9.89. The van der Waals surface area contributed by atoms with Crippen molar-refractivity contribution in [3.8, 4) is 0 Å². The Labute approximate surface area is 213 Å². The van der Waals surface area contributed by atoms with E-state index in [1.807, 2.05) is 11.3 Å². The lowest BCUT2D eigenvalue weighted by molar-refractivity contribution is 0.400. The van der Waals surface area contributed by atoms with Crippen LogP contribution in [0.1, 0.15) is 174 Å². The first-order valence-electron chi connectivity index (χ1n) is 15.4. The van der Waals surface area contributed by atoms with Gasteiger partial charge in [0.15, 0.2) is 0 Å². The third-order valence-electron chi connectivity index (χ3n) is 7.54. The molecular formula is C32H60S. The second-order valence-corrected chi connectivity index (χ2v) is 11.6. The number of rotatable bonds is 26. The molecular weight excluding hydrogens is 416 g/mol. The van der Waals surface area contributed by atoms with Crippen molar-refractivity contribution in [1.29, 1.82) is 0 Å². The van der Waals surface area contributed by atoms with Crippen LogP contribution in [-0.2, 0) is 6.42 Å². The Balaban J connectivity index is 2.02. The molecule has 0 radical (unpaired) electrons. The quantitative estimate of drug-likeness (QED) is 0.117. The van der Waals surface area contributed by atoms with Crippen molar-refractivity contribution in [2.24, 2.45) is 5.92 Å². The molecule has 1 atom stereocenters. The number of unbranched alkanes of at least 4 members (excludes halogenated alkanes) is 20. The molecule has 0 bridgehead atoms. The van der Waals surface area contributed by atoms with Crippen molar-refractivity contribution in [2.45, 2.75) is 174 Å². The van der Waals surface area contributed by atoms with Gasteiger partial charge in [-0.1, -0.05) is 168 Å². The second kappa shape index (κ2) is 24.8. The van der Waals surface area contributed by atoms with Gasteiger partial charge in [-0.3, -0.25) is 0 Å². The molecule has 0 amide bonds. The summed E-state index contributed by atoms with van der Waals surface area (Å²) in [5.41, 5.74) is 1.59. The van der Waals surface area contributed by atoms with E-state index in [1.165, 1.54) is 161 Å². The fourth-order valence-electron chi connectivity index (χ4n) is 5.29. The van der Waals surface area contributed by atoms with Crippen molar-refractivity contribution in [2.75, 3.05) is 0 Å². The number of hydrogen-bond donors (Lipinski definition) is 0. The first kappa shape index (κ1) is 30.7. The van der Waals surface area contributed by atoms with Gasteiger partial charge in [-0.25, -0.2) is 0 Å². The minimum atomic E-state index is 0.928. The molecule has 1 rings (SSSR count). The van der Waals surface area contributed by atoms with Crippen molar-refractivity contribution < 1.29 is 0 Å². The summed E-state index contributed by atoms with van der Waals surface area (Å²) < 4.78 is 0. The number of hydrogen-bond acceptors (Lipinski definition) is 1. The van der Waals surface area contributed by atoms with Crippen molar-refractivity contribution >= 4 is 11.3 Å². The molecule has 0 saturated heterocycles. The first-order chi connectivity index (χ1) is 16.4. The largest absolute Gasteiger partial charge is 0.152 e. The third-order valence-corrected chi connectivity index (χ3v) is 8.27. The van der Waals surface area contributed by atoms with Crippen LogP contribution in [0.2, 0.25) is 0 Å². The molecule has 0 saturated carbocycles. The monoisotopic (exact) mass is 476 g/mol. The Morgan fingerprint density at radius 2 is 0.879 bits per heavy atom. The molecule has 0 fully saturated rings. The van der Waals surface area contributed by atoms with Gasteiger partial charge in [0.2, 0.25) is 0 Å². The van der Waals surface area contributed by atoms with Gasteiger partial charge >= 0.3 is 0 Å². The topological polar surface area (TPSA) is 0 Å². The Morgan fingerprint density at radius 3 is 1.21 bits per heavy atom. The second-order valence-electron chi connectivity index (χ2n) is 10.9. The van der Waals surface area contributed by atoms with Crippen LogP contribution in [0.25, 0.3) is 0 Å². The summed E-state index contributed by atoms with van der Waals surface area (Å²) in [6, 6.07) is 2.36. The zero-order chi connectivity index (χ0) is 23.7. The van der Waals surface area contributed by atoms with Crippen molar-refractivity contribution in [3.05, 3.63) is 22.4 Å². The molecule has 0 aliphatic carbocycles. The summed E-state index contributed by atoms with van der Waals surface area (Å²) in [7, 11) is 0. The van der Waals surface area contributed by atoms with E-state index in [9.17, 15) is 0 Å². The summed E-state index contributed by atoms with van der Waals surface area (Å²) in [5, 5.41) is 4.64. The average molecular weight is 477 g/mol. The van der Waals surface area contributed by atoms with Gasteiger partial charge in [-0.05, 0) is 34.7 Å². The SMILES string of the molecule is CCCCCCCCCCCCCCC(CCCCCCCCCCCC)Cc1ccsc1. The van der Waals surface area contributed by atoms with Gasteiger partial charge in [0, 0.05) is 0 Å². The minimum Gasteiger partial charge on any atom is -0.152 e.